The van der Waals surface area contributed by atoms with E-state index >= 15 is 0 Å². The molecule has 0 aromatic heterocycles. The molecule has 1 aromatic carbocycles. The average molecular weight is 191 g/mol. The second-order valence-corrected chi connectivity index (χ2v) is 3.07. The standard InChI is InChI=1S/C11H13NO2/c1-7(2)8-4-5-10(12)9(6-8)11(13)14-3/h4-6H,1,12H2,2-3H3. The Bertz CT molecular complexity index is 383. The molecule has 0 atom stereocenters. The molecule has 0 aliphatic carbocycles. The molecule has 0 amide bonds. The number of hydrogen-bond acceptors (Lipinski definition) is 3. The molecule has 0 unspecified atom stereocenters. The van der Waals surface area contributed by atoms with Gasteiger partial charge in [0.25, 0.3) is 0 Å². The van der Waals surface area contributed by atoms with Crippen LogP contribution in [0.15, 0.2) is 24.8 Å². The van der Waals surface area contributed by atoms with Gasteiger partial charge in [-0.05, 0) is 24.6 Å². The first kappa shape index (κ1) is 10.3. The van der Waals surface area contributed by atoms with E-state index in [1.54, 1.807) is 12.1 Å². The smallest absolute Gasteiger partial charge is 0.339 e. The van der Waals surface area contributed by atoms with Gasteiger partial charge in [-0.3, -0.25) is 0 Å². The van der Waals surface area contributed by atoms with Crippen molar-refractivity contribution in [2.45, 2.75) is 6.92 Å². The number of carbonyl (C=O) groups is 1. The molecule has 1 rings (SSSR count). The highest BCUT2D eigenvalue weighted by atomic mass is 16.5. The number of anilines is 1. The minimum Gasteiger partial charge on any atom is -0.465 e. The summed E-state index contributed by atoms with van der Waals surface area (Å²) in [5, 5.41) is 0. The Hall–Kier alpha value is -1.77. The Morgan fingerprint density at radius 2 is 2.14 bits per heavy atom. The number of methoxy groups -OCH3 is 1. The van der Waals surface area contributed by atoms with Crippen molar-refractivity contribution in [3.05, 3.63) is 35.9 Å². The maximum absolute atomic E-state index is 11.3. The van der Waals surface area contributed by atoms with Crippen molar-refractivity contribution >= 4 is 17.2 Å². The molecule has 0 aliphatic heterocycles. The average Bonchev–Trinajstić information content (AvgIpc) is 2.17. The summed E-state index contributed by atoms with van der Waals surface area (Å²) in [5.41, 5.74) is 8.21. The van der Waals surface area contributed by atoms with E-state index in [1.165, 1.54) is 7.11 Å². The molecule has 74 valence electrons. The topological polar surface area (TPSA) is 52.3 Å². The summed E-state index contributed by atoms with van der Waals surface area (Å²) in [7, 11) is 1.33. The number of allylic oxidation sites excluding steroid dienone is 1. The molecular formula is C11H13NO2. The lowest BCUT2D eigenvalue weighted by molar-refractivity contribution is 0.0602. The molecule has 14 heavy (non-hydrogen) atoms. The zero-order valence-corrected chi connectivity index (χ0v) is 8.33. The van der Waals surface area contributed by atoms with Gasteiger partial charge in [0.05, 0.1) is 12.7 Å². The van der Waals surface area contributed by atoms with Gasteiger partial charge in [-0.15, -0.1) is 0 Å². The van der Waals surface area contributed by atoms with Gasteiger partial charge >= 0.3 is 5.97 Å². The van der Waals surface area contributed by atoms with Crippen molar-refractivity contribution in [2.24, 2.45) is 0 Å². The van der Waals surface area contributed by atoms with Crippen LogP contribution in [-0.4, -0.2) is 13.1 Å². The molecule has 0 saturated carbocycles. The Balaban J connectivity index is 3.21. The summed E-state index contributed by atoms with van der Waals surface area (Å²) in [4.78, 5) is 11.3. The summed E-state index contributed by atoms with van der Waals surface area (Å²) < 4.78 is 4.60. The molecule has 3 heteroatoms. The van der Waals surface area contributed by atoms with E-state index in [1.807, 2.05) is 13.0 Å². The van der Waals surface area contributed by atoms with Gasteiger partial charge in [0.1, 0.15) is 0 Å². The molecular weight excluding hydrogens is 178 g/mol. The van der Waals surface area contributed by atoms with Gasteiger partial charge < -0.3 is 10.5 Å². The summed E-state index contributed by atoms with van der Waals surface area (Å²) >= 11 is 0. The van der Waals surface area contributed by atoms with Crippen molar-refractivity contribution in [3.63, 3.8) is 0 Å². The highest BCUT2D eigenvalue weighted by Crippen LogP contribution is 2.19. The van der Waals surface area contributed by atoms with Crippen LogP contribution in [0.1, 0.15) is 22.8 Å². The number of nitrogen functional groups attached to an aromatic ring is 1. The van der Waals surface area contributed by atoms with Crippen LogP contribution in [-0.2, 0) is 4.74 Å². The molecule has 0 bridgehead atoms. The van der Waals surface area contributed by atoms with Crippen LogP contribution >= 0.6 is 0 Å². The predicted octanol–water partition coefficient (Wildman–Crippen LogP) is 2.09. The van der Waals surface area contributed by atoms with Gasteiger partial charge in [0.2, 0.25) is 0 Å². The quantitative estimate of drug-likeness (QED) is 0.575. The van der Waals surface area contributed by atoms with Gasteiger partial charge in [0.15, 0.2) is 0 Å². The largest absolute Gasteiger partial charge is 0.465 e. The minimum atomic E-state index is -0.425. The predicted molar refractivity (Wildman–Crippen MR) is 56.9 cm³/mol. The maximum Gasteiger partial charge on any atom is 0.339 e. The highest BCUT2D eigenvalue weighted by molar-refractivity contribution is 5.96. The van der Waals surface area contributed by atoms with Crippen LogP contribution in [0.3, 0.4) is 0 Å². The zero-order chi connectivity index (χ0) is 10.7. The molecule has 0 aliphatic rings. The van der Waals surface area contributed by atoms with Crippen LogP contribution < -0.4 is 5.73 Å². The molecule has 0 fully saturated rings. The third-order valence-electron chi connectivity index (χ3n) is 1.95. The summed E-state index contributed by atoms with van der Waals surface area (Å²) in [6.07, 6.45) is 0. The van der Waals surface area contributed by atoms with Gasteiger partial charge in [0, 0.05) is 5.69 Å². The third kappa shape index (κ3) is 1.93. The number of hydrogen-bond donors (Lipinski definition) is 1. The number of benzene rings is 1. The van der Waals surface area contributed by atoms with Crippen LogP contribution in [0.2, 0.25) is 0 Å². The van der Waals surface area contributed by atoms with Crippen LogP contribution in [0, 0.1) is 0 Å². The van der Waals surface area contributed by atoms with Gasteiger partial charge in [-0.2, -0.15) is 0 Å². The molecule has 0 saturated heterocycles. The highest BCUT2D eigenvalue weighted by Gasteiger charge is 2.10. The fourth-order valence-electron chi connectivity index (χ4n) is 1.11. The summed E-state index contributed by atoms with van der Waals surface area (Å²) in [6, 6.07) is 5.18. The van der Waals surface area contributed by atoms with Crippen molar-refractivity contribution < 1.29 is 9.53 Å². The van der Waals surface area contributed by atoms with E-state index in [0.29, 0.717) is 11.3 Å². The van der Waals surface area contributed by atoms with E-state index in [9.17, 15) is 4.79 Å². The first-order valence-corrected chi connectivity index (χ1v) is 4.20. The summed E-state index contributed by atoms with van der Waals surface area (Å²) in [6.45, 7) is 5.66. The summed E-state index contributed by atoms with van der Waals surface area (Å²) in [5.74, 6) is -0.425. The second kappa shape index (κ2) is 3.96. The van der Waals surface area contributed by atoms with Crippen molar-refractivity contribution in [1.29, 1.82) is 0 Å². The lowest BCUT2D eigenvalue weighted by atomic mass is 10.0. The Labute approximate surface area is 83.2 Å². The van der Waals surface area contributed by atoms with E-state index in [2.05, 4.69) is 11.3 Å². The Kier molecular flexibility index (Phi) is 2.92. The SMILES string of the molecule is C=C(C)c1ccc(N)c(C(=O)OC)c1. The van der Waals surface area contributed by atoms with E-state index in [4.69, 9.17) is 5.73 Å². The van der Waals surface area contributed by atoms with Gasteiger partial charge in [-0.25, -0.2) is 4.79 Å². The number of nitrogens with two attached hydrogens (primary N) is 1. The zero-order valence-electron chi connectivity index (χ0n) is 8.33. The number of esters is 1. The molecule has 0 radical (unpaired) electrons. The van der Waals surface area contributed by atoms with Crippen molar-refractivity contribution in [3.8, 4) is 0 Å². The molecule has 3 nitrogen and oxygen atoms in total. The Morgan fingerprint density at radius 3 is 2.64 bits per heavy atom. The molecule has 0 spiro atoms. The van der Waals surface area contributed by atoms with Crippen molar-refractivity contribution in [2.75, 3.05) is 12.8 Å². The molecule has 0 heterocycles. The van der Waals surface area contributed by atoms with Gasteiger partial charge in [-0.1, -0.05) is 18.2 Å². The Morgan fingerprint density at radius 1 is 1.50 bits per heavy atom. The fourth-order valence-corrected chi connectivity index (χ4v) is 1.11. The molecule has 2 N–H and O–H groups in total. The molecule has 1 aromatic rings. The number of ether oxygens (including phenoxy) is 1. The first-order valence-electron chi connectivity index (χ1n) is 4.20. The van der Waals surface area contributed by atoms with Crippen LogP contribution in [0.5, 0.6) is 0 Å². The van der Waals surface area contributed by atoms with E-state index in [0.717, 1.165) is 11.1 Å². The lowest BCUT2D eigenvalue weighted by Gasteiger charge is -2.06. The number of carbonyl (C=O) groups excluding carboxylic acids is 1. The first-order chi connectivity index (χ1) is 6.56. The van der Waals surface area contributed by atoms with E-state index < -0.39 is 5.97 Å². The fraction of sp³-hybridized carbons (Fsp3) is 0.182. The monoisotopic (exact) mass is 191 g/mol. The van der Waals surface area contributed by atoms with E-state index in [-0.39, 0.29) is 0 Å². The normalized spacial score (nSPS) is 9.57. The second-order valence-electron chi connectivity index (χ2n) is 3.07. The minimum absolute atomic E-state index is 0.382. The van der Waals surface area contributed by atoms with Crippen LogP contribution in [0.4, 0.5) is 5.69 Å². The third-order valence-corrected chi connectivity index (χ3v) is 1.95. The number of rotatable bonds is 2. The van der Waals surface area contributed by atoms with Crippen molar-refractivity contribution in [1.82, 2.24) is 0 Å². The van der Waals surface area contributed by atoms with Crippen LogP contribution in [0.25, 0.3) is 5.57 Å². The maximum atomic E-state index is 11.3. The lowest BCUT2D eigenvalue weighted by Crippen LogP contribution is -2.05.